The van der Waals surface area contributed by atoms with Gasteiger partial charge in [0.2, 0.25) is 0 Å². The van der Waals surface area contributed by atoms with Crippen molar-refractivity contribution in [3.8, 4) is 22.8 Å². The first-order chi connectivity index (χ1) is 14.5. The van der Waals surface area contributed by atoms with E-state index in [2.05, 4.69) is 10.5 Å². The molecule has 4 aromatic rings. The zero-order valence-electron chi connectivity index (χ0n) is 16.2. The van der Waals surface area contributed by atoms with E-state index in [1.807, 2.05) is 55.5 Å². The monoisotopic (exact) mass is 397 g/mol. The third-order valence-corrected chi connectivity index (χ3v) is 4.66. The lowest BCUT2D eigenvalue weighted by Gasteiger charge is -2.10. The normalized spacial score (nSPS) is 11.1. The van der Waals surface area contributed by atoms with Crippen LogP contribution in [-0.4, -0.2) is 27.3 Å². The van der Waals surface area contributed by atoms with Gasteiger partial charge in [0.05, 0.1) is 23.0 Å². The van der Waals surface area contributed by atoms with Gasteiger partial charge in [-0.15, -0.1) is 0 Å². The molecule has 0 aliphatic carbocycles. The molecular weight excluding hydrogens is 378 g/mol. The highest BCUT2D eigenvalue weighted by atomic mass is 16.3. The summed E-state index contributed by atoms with van der Waals surface area (Å²) in [4.78, 5) is 17.6. The minimum atomic E-state index is -0.389. The van der Waals surface area contributed by atoms with E-state index in [9.17, 15) is 15.0 Å². The minimum absolute atomic E-state index is 0.0549. The Morgan fingerprint density at radius 1 is 1.00 bits per heavy atom. The van der Waals surface area contributed by atoms with Gasteiger partial charge in [0.1, 0.15) is 11.5 Å². The number of aryl methyl sites for hydroxylation is 1. The van der Waals surface area contributed by atoms with Crippen LogP contribution in [0.2, 0.25) is 0 Å². The van der Waals surface area contributed by atoms with Crippen molar-refractivity contribution in [2.45, 2.75) is 6.92 Å². The first-order valence-corrected chi connectivity index (χ1v) is 9.33. The topological polar surface area (TPSA) is 94.8 Å². The lowest BCUT2D eigenvalue weighted by molar-refractivity contribution is 0.0956. The van der Waals surface area contributed by atoms with Gasteiger partial charge in [-0.05, 0) is 37.3 Å². The van der Waals surface area contributed by atoms with Crippen LogP contribution in [0.5, 0.6) is 11.5 Å². The number of nitrogens with one attached hydrogen (secondary N) is 1. The number of phenols is 2. The summed E-state index contributed by atoms with van der Waals surface area (Å²) < 4.78 is 0. The Bertz CT molecular complexity index is 1270. The van der Waals surface area contributed by atoms with Crippen molar-refractivity contribution < 1.29 is 15.0 Å². The second kappa shape index (κ2) is 8.05. The lowest BCUT2D eigenvalue weighted by Crippen LogP contribution is -2.18. The Morgan fingerprint density at radius 3 is 2.57 bits per heavy atom. The van der Waals surface area contributed by atoms with Gasteiger partial charge < -0.3 is 10.2 Å². The number of amides is 1. The molecule has 6 nitrogen and oxygen atoms in total. The fraction of sp³-hybridized carbons (Fsp3) is 0.0417. The molecule has 3 N–H and O–H groups in total. The third kappa shape index (κ3) is 3.98. The number of pyridine rings is 1. The fourth-order valence-electron chi connectivity index (χ4n) is 3.15. The molecule has 0 aliphatic rings. The predicted octanol–water partition coefficient (Wildman–Crippen LogP) is 4.39. The van der Waals surface area contributed by atoms with E-state index in [1.165, 1.54) is 24.4 Å². The van der Waals surface area contributed by atoms with Gasteiger partial charge in [-0.2, -0.15) is 5.10 Å². The minimum Gasteiger partial charge on any atom is -0.508 e. The van der Waals surface area contributed by atoms with Gasteiger partial charge in [0, 0.05) is 22.6 Å². The van der Waals surface area contributed by atoms with Gasteiger partial charge in [0.25, 0.3) is 5.91 Å². The molecule has 1 heterocycles. The molecule has 0 fully saturated rings. The SMILES string of the molecule is Cc1ccc2nc(-c3ccccc3)cc(C(=O)NN=Cc3ccc(O)cc3O)c2c1. The van der Waals surface area contributed by atoms with Crippen LogP contribution >= 0.6 is 0 Å². The summed E-state index contributed by atoms with van der Waals surface area (Å²) in [7, 11) is 0. The molecule has 0 spiro atoms. The maximum atomic E-state index is 12.9. The van der Waals surface area contributed by atoms with Crippen molar-refractivity contribution in [1.29, 1.82) is 0 Å². The van der Waals surface area contributed by atoms with Gasteiger partial charge in [0.15, 0.2) is 0 Å². The second-order valence-electron chi connectivity index (χ2n) is 6.88. The third-order valence-electron chi connectivity index (χ3n) is 4.66. The number of benzene rings is 3. The molecule has 6 heteroatoms. The largest absolute Gasteiger partial charge is 0.508 e. The predicted molar refractivity (Wildman–Crippen MR) is 117 cm³/mol. The summed E-state index contributed by atoms with van der Waals surface area (Å²) in [6.45, 7) is 1.96. The molecule has 0 bridgehead atoms. The summed E-state index contributed by atoms with van der Waals surface area (Å²) in [6, 6.07) is 21.3. The zero-order chi connectivity index (χ0) is 21.1. The number of carbonyl (C=O) groups is 1. The molecule has 30 heavy (non-hydrogen) atoms. The van der Waals surface area contributed by atoms with Gasteiger partial charge in [-0.25, -0.2) is 10.4 Å². The van der Waals surface area contributed by atoms with Crippen LogP contribution in [0.15, 0.2) is 77.9 Å². The quantitative estimate of drug-likeness (QED) is 0.352. The molecule has 3 aromatic carbocycles. The summed E-state index contributed by atoms with van der Waals surface area (Å²) in [5, 5.41) is 23.9. The number of hydrazone groups is 1. The molecule has 0 unspecified atom stereocenters. The van der Waals surface area contributed by atoms with Crippen LogP contribution in [0, 0.1) is 6.92 Å². The molecule has 1 aromatic heterocycles. The van der Waals surface area contributed by atoms with Crippen LogP contribution in [-0.2, 0) is 0 Å². The molecule has 1 amide bonds. The van der Waals surface area contributed by atoms with Crippen LogP contribution < -0.4 is 5.43 Å². The van der Waals surface area contributed by atoms with Crippen molar-refractivity contribution in [2.24, 2.45) is 5.10 Å². The Morgan fingerprint density at radius 2 is 1.80 bits per heavy atom. The van der Waals surface area contributed by atoms with E-state index in [0.29, 0.717) is 22.3 Å². The number of aromatic nitrogens is 1. The Kier molecular flexibility index (Phi) is 5.13. The number of rotatable bonds is 4. The maximum Gasteiger partial charge on any atom is 0.272 e. The number of hydrogen-bond donors (Lipinski definition) is 3. The number of aromatic hydroxyl groups is 2. The fourth-order valence-corrected chi connectivity index (χ4v) is 3.15. The van der Waals surface area contributed by atoms with E-state index in [0.717, 1.165) is 16.5 Å². The van der Waals surface area contributed by atoms with E-state index < -0.39 is 0 Å². The van der Waals surface area contributed by atoms with Gasteiger partial charge in [-0.3, -0.25) is 4.79 Å². The molecule has 0 radical (unpaired) electrons. The molecule has 0 saturated heterocycles. The molecule has 4 rings (SSSR count). The van der Waals surface area contributed by atoms with Crippen LogP contribution in [0.3, 0.4) is 0 Å². The van der Waals surface area contributed by atoms with E-state index in [-0.39, 0.29) is 17.4 Å². The summed E-state index contributed by atoms with van der Waals surface area (Å²) >= 11 is 0. The standard InChI is InChI=1S/C24H19N3O3/c1-15-7-10-21-19(11-15)20(13-22(26-21)16-5-3-2-4-6-16)24(30)27-25-14-17-8-9-18(28)12-23(17)29/h2-14,28-29H,1H3,(H,27,30). The number of phenolic OH excluding ortho intramolecular Hbond substituents is 2. The summed E-state index contributed by atoms with van der Waals surface area (Å²) in [5.41, 5.74) is 6.66. The average molecular weight is 397 g/mol. The highest BCUT2D eigenvalue weighted by Crippen LogP contribution is 2.26. The first kappa shape index (κ1) is 19.1. The van der Waals surface area contributed by atoms with Crippen molar-refractivity contribution >= 4 is 23.0 Å². The number of fused-ring (bicyclic) bond motifs is 1. The number of nitrogens with zero attached hydrogens (tertiary/aromatic N) is 2. The van der Waals surface area contributed by atoms with Crippen molar-refractivity contribution in [1.82, 2.24) is 10.4 Å². The van der Waals surface area contributed by atoms with Crippen LogP contribution in [0.1, 0.15) is 21.5 Å². The Labute approximate surface area is 173 Å². The van der Waals surface area contributed by atoms with E-state index in [4.69, 9.17) is 4.98 Å². The van der Waals surface area contributed by atoms with Crippen molar-refractivity contribution in [3.05, 3.63) is 89.5 Å². The molecule has 0 saturated carbocycles. The van der Waals surface area contributed by atoms with Crippen molar-refractivity contribution in [3.63, 3.8) is 0 Å². The Balaban J connectivity index is 1.70. The van der Waals surface area contributed by atoms with Crippen LogP contribution in [0.4, 0.5) is 0 Å². The Hall–Kier alpha value is -4.19. The first-order valence-electron chi connectivity index (χ1n) is 9.33. The van der Waals surface area contributed by atoms with E-state index in [1.54, 1.807) is 6.07 Å². The van der Waals surface area contributed by atoms with Crippen LogP contribution in [0.25, 0.3) is 22.2 Å². The smallest absolute Gasteiger partial charge is 0.272 e. The summed E-state index contributed by atoms with van der Waals surface area (Å²) in [5.74, 6) is -0.579. The highest BCUT2D eigenvalue weighted by Gasteiger charge is 2.14. The second-order valence-corrected chi connectivity index (χ2v) is 6.88. The highest BCUT2D eigenvalue weighted by molar-refractivity contribution is 6.07. The maximum absolute atomic E-state index is 12.9. The van der Waals surface area contributed by atoms with Gasteiger partial charge in [-0.1, -0.05) is 42.0 Å². The summed E-state index contributed by atoms with van der Waals surface area (Å²) in [6.07, 6.45) is 1.32. The number of hydrogen-bond acceptors (Lipinski definition) is 5. The number of carbonyl (C=O) groups excluding carboxylic acids is 1. The molecule has 0 aliphatic heterocycles. The van der Waals surface area contributed by atoms with E-state index >= 15 is 0 Å². The molecule has 148 valence electrons. The molecule has 0 atom stereocenters. The van der Waals surface area contributed by atoms with Crippen molar-refractivity contribution in [2.75, 3.05) is 0 Å². The average Bonchev–Trinajstić information content (AvgIpc) is 2.75. The lowest BCUT2D eigenvalue weighted by atomic mass is 10.0. The molecular formula is C24H19N3O3. The zero-order valence-corrected chi connectivity index (χ0v) is 16.2. The van der Waals surface area contributed by atoms with Gasteiger partial charge >= 0.3 is 0 Å².